The largest absolute Gasteiger partial charge is 0.481 e. The highest BCUT2D eigenvalue weighted by Crippen LogP contribution is 2.18. The van der Waals surface area contributed by atoms with Crippen molar-refractivity contribution in [2.75, 3.05) is 13.2 Å². The molecule has 1 fully saturated rings. The molecule has 0 radical (unpaired) electrons. The van der Waals surface area contributed by atoms with Crippen molar-refractivity contribution >= 4 is 65.1 Å². The Morgan fingerprint density at radius 3 is 1.52 bits per heavy atom. The molecule has 464 valence electrons. The van der Waals surface area contributed by atoms with Crippen LogP contribution in [0, 0.1) is 29.6 Å². The zero-order chi connectivity index (χ0) is 61.7. The van der Waals surface area contributed by atoms with Crippen LogP contribution in [0.4, 0.5) is 0 Å². The van der Waals surface area contributed by atoms with E-state index in [0.717, 1.165) is 32.1 Å². The lowest BCUT2D eigenvalue weighted by molar-refractivity contribution is -0.158. The third kappa shape index (κ3) is 27.1. The average molecular weight is 1150 g/mol. The van der Waals surface area contributed by atoms with Crippen molar-refractivity contribution in [3.63, 3.8) is 0 Å². The van der Waals surface area contributed by atoms with Crippen molar-refractivity contribution in [1.82, 2.24) is 47.9 Å². The maximum absolute atomic E-state index is 14.8. The van der Waals surface area contributed by atoms with Gasteiger partial charge in [-0.3, -0.25) is 47.9 Å². The molecule has 1 aliphatic heterocycles. The summed E-state index contributed by atoms with van der Waals surface area (Å²) >= 11 is 0. The normalized spacial score (nSPS) is 24.0. The smallest absolute Gasteiger partial charge is 0.329 e. The van der Waals surface area contributed by atoms with E-state index in [2.05, 4.69) is 54.8 Å². The molecule has 1 aliphatic rings. The number of amides is 9. The van der Waals surface area contributed by atoms with Crippen LogP contribution in [0.25, 0.3) is 0 Å². The molecular formula is C56H99N9O16. The van der Waals surface area contributed by atoms with Crippen LogP contribution in [-0.2, 0) is 57.5 Å². The third-order valence-corrected chi connectivity index (χ3v) is 14.2. The highest BCUT2D eigenvalue weighted by Gasteiger charge is 2.41. The summed E-state index contributed by atoms with van der Waals surface area (Å²) in [5.41, 5.74) is 0. The number of carbonyl (C=O) groups is 11. The number of hydrogen-bond acceptors (Lipinski definition) is 15. The molecule has 0 unspecified atom stereocenters. The number of aliphatic carboxylic acids is 1. The minimum atomic E-state index is -1.95. The third-order valence-electron chi connectivity index (χ3n) is 14.2. The highest BCUT2D eigenvalue weighted by molar-refractivity contribution is 5.99. The average Bonchev–Trinajstić information content (AvgIpc) is 3.42. The predicted octanol–water partition coefficient (Wildman–Crippen LogP) is 0.876. The van der Waals surface area contributed by atoms with Gasteiger partial charge in [-0.2, -0.15) is 0 Å². The van der Waals surface area contributed by atoms with Gasteiger partial charge in [0.05, 0.1) is 25.7 Å². The molecule has 1 heterocycles. The lowest BCUT2D eigenvalue weighted by Gasteiger charge is -2.32. The van der Waals surface area contributed by atoms with E-state index in [0.29, 0.717) is 12.8 Å². The lowest BCUT2D eigenvalue weighted by atomic mass is 9.96. The second-order valence-corrected chi connectivity index (χ2v) is 22.9. The summed E-state index contributed by atoms with van der Waals surface area (Å²) in [6, 6.07) is -14.1. The quantitative estimate of drug-likeness (QED) is 0.0365. The van der Waals surface area contributed by atoms with Crippen molar-refractivity contribution in [3.8, 4) is 0 Å². The number of esters is 1. The fourth-order valence-corrected chi connectivity index (χ4v) is 8.96. The summed E-state index contributed by atoms with van der Waals surface area (Å²) in [5.74, 6) is -13.3. The zero-order valence-corrected chi connectivity index (χ0v) is 49.9. The van der Waals surface area contributed by atoms with Crippen molar-refractivity contribution in [2.24, 2.45) is 29.6 Å². The molecular weight excluding hydrogens is 1050 g/mol. The molecule has 25 nitrogen and oxygen atoms in total. The summed E-state index contributed by atoms with van der Waals surface area (Å²) in [5, 5.41) is 63.8. The van der Waals surface area contributed by atoms with E-state index in [-0.39, 0.29) is 56.3 Å². The molecule has 25 heteroatoms. The number of hydrogen-bond donors (Lipinski definition) is 13. The van der Waals surface area contributed by atoms with Gasteiger partial charge < -0.3 is 73.0 Å². The topological polar surface area (TPSA) is 386 Å². The van der Waals surface area contributed by atoms with Gasteiger partial charge in [0.25, 0.3) is 0 Å². The first-order valence-corrected chi connectivity index (χ1v) is 29.1. The van der Waals surface area contributed by atoms with Crippen molar-refractivity contribution in [3.05, 3.63) is 0 Å². The number of ether oxygens (including phenoxy) is 1. The van der Waals surface area contributed by atoms with E-state index in [9.17, 15) is 73.2 Å². The number of carboxylic acids is 1. The van der Waals surface area contributed by atoms with Gasteiger partial charge >= 0.3 is 11.9 Å². The van der Waals surface area contributed by atoms with Crippen LogP contribution in [0.15, 0.2) is 0 Å². The first kappa shape index (κ1) is 73.1. The Bertz CT molecular complexity index is 2060. The molecule has 0 saturated carbocycles. The molecule has 0 aromatic carbocycles. The maximum atomic E-state index is 14.8. The maximum Gasteiger partial charge on any atom is 0.329 e. The predicted molar refractivity (Wildman–Crippen MR) is 300 cm³/mol. The molecule has 13 atom stereocenters. The van der Waals surface area contributed by atoms with Gasteiger partial charge in [0, 0.05) is 6.42 Å². The van der Waals surface area contributed by atoms with Crippen molar-refractivity contribution in [1.29, 1.82) is 0 Å². The number of carbonyl (C=O) groups excluding carboxylic acids is 10. The van der Waals surface area contributed by atoms with Crippen LogP contribution >= 0.6 is 0 Å². The molecule has 1 saturated heterocycles. The van der Waals surface area contributed by atoms with Gasteiger partial charge in [-0.1, -0.05) is 128 Å². The molecule has 0 aromatic heterocycles. The Morgan fingerprint density at radius 1 is 0.556 bits per heavy atom. The van der Waals surface area contributed by atoms with E-state index >= 15 is 0 Å². The Balaban J connectivity index is 4.01. The van der Waals surface area contributed by atoms with Gasteiger partial charge in [0.1, 0.15) is 60.5 Å². The van der Waals surface area contributed by atoms with Crippen LogP contribution in [0.1, 0.15) is 179 Å². The summed E-state index contributed by atoms with van der Waals surface area (Å²) < 4.78 is 5.85. The van der Waals surface area contributed by atoms with E-state index in [4.69, 9.17) is 4.74 Å². The molecule has 0 spiro atoms. The zero-order valence-electron chi connectivity index (χ0n) is 49.9. The molecule has 0 aliphatic carbocycles. The first-order chi connectivity index (χ1) is 38.0. The van der Waals surface area contributed by atoms with Gasteiger partial charge in [-0.15, -0.1) is 0 Å². The Hall–Kier alpha value is -5.95. The van der Waals surface area contributed by atoms with E-state index in [1.54, 1.807) is 69.2 Å². The Morgan fingerprint density at radius 2 is 1.02 bits per heavy atom. The standard InChI is InChI=1S/C56H99N9O16/c1-13-16-17-18-19-20-21-36(68)27-43(69)57-38(24-30(4)5)49(73)58-37(22-23-44(70)71)48(72)65-47-35(12)81-56(80)46(34(11)15-3)64-53(77)42(29-67)62-50(74)39(25-31(6)7)59-52(76)41(28-66)61-51(75)40(26-32(8)9)60-54(78)45(33(10)14-2)63-55(47)79/h30-42,45-47,66-68H,13-29H2,1-12H3,(H,57,69)(H,58,73)(H,59,76)(H,60,78)(H,61,75)(H,62,74)(H,63,79)(H,64,77)(H,65,72)(H,70,71)/t33-,34-,35+,36-,37+,38-,39-,40-,41+,42+,45+,46-,47+/m0/s1. The Kier molecular flexibility index (Phi) is 34.2. The van der Waals surface area contributed by atoms with E-state index in [1.165, 1.54) is 6.92 Å². The van der Waals surface area contributed by atoms with E-state index < -0.39 is 170 Å². The number of carboxylic acid groups (broad SMARTS) is 1. The van der Waals surface area contributed by atoms with Crippen LogP contribution in [0.3, 0.4) is 0 Å². The van der Waals surface area contributed by atoms with Gasteiger partial charge in [0.2, 0.25) is 53.2 Å². The van der Waals surface area contributed by atoms with Gasteiger partial charge in [-0.25, -0.2) is 4.79 Å². The van der Waals surface area contributed by atoms with Gasteiger partial charge in [0.15, 0.2) is 0 Å². The lowest BCUT2D eigenvalue weighted by Crippen LogP contribution is -2.64. The molecule has 9 amide bonds. The SMILES string of the molecule is CCCCCCCC[C@H](O)CC(=O)N[C@@H](CC(C)C)C(=O)N[C@H](CCC(=O)O)C(=O)N[C@H]1C(=O)N[C@H]([C@@H](C)CC)C(=O)N[C@@H](CC(C)C)C(=O)N[C@H](CO)C(=O)N[C@@H](CC(C)C)C(=O)N[C@H](CO)C(=O)N[C@@H]([C@@H](C)CC)C(=O)O[C@@H]1C. The summed E-state index contributed by atoms with van der Waals surface area (Å²) in [6.07, 6.45) is 2.51. The second kappa shape index (κ2) is 37.9. The summed E-state index contributed by atoms with van der Waals surface area (Å²) in [4.78, 5) is 153. The first-order valence-electron chi connectivity index (χ1n) is 29.1. The Labute approximate surface area is 478 Å². The number of aliphatic hydroxyl groups is 3. The number of cyclic esters (lactones) is 1. The number of rotatable bonds is 29. The highest BCUT2D eigenvalue weighted by atomic mass is 16.5. The number of aliphatic hydroxyl groups excluding tert-OH is 3. The van der Waals surface area contributed by atoms with Crippen LogP contribution in [0.5, 0.6) is 0 Å². The summed E-state index contributed by atoms with van der Waals surface area (Å²) in [6.45, 7) is 18.5. The minimum Gasteiger partial charge on any atom is -0.481 e. The second-order valence-electron chi connectivity index (χ2n) is 22.9. The minimum absolute atomic E-state index is 0.00956. The van der Waals surface area contributed by atoms with Crippen molar-refractivity contribution in [2.45, 2.75) is 246 Å². The monoisotopic (exact) mass is 1150 g/mol. The molecule has 1 rings (SSSR count). The van der Waals surface area contributed by atoms with E-state index in [1.807, 2.05) is 0 Å². The van der Waals surface area contributed by atoms with Crippen LogP contribution in [-0.4, -0.2) is 165 Å². The molecule has 0 bridgehead atoms. The summed E-state index contributed by atoms with van der Waals surface area (Å²) in [7, 11) is 0. The van der Waals surface area contributed by atoms with Crippen LogP contribution < -0.4 is 47.9 Å². The number of nitrogens with one attached hydrogen (secondary N) is 9. The molecule has 81 heavy (non-hydrogen) atoms. The number of unbranched alkanes of at least 4 members (excludes halogenated alkanes) is 5. The van der Waals surface area contributed by atoms with Crippen LogP contribution in [0.2, 0.25) is 0 Å². The molecule has 13 N–H and O–H groups in total. The fourth-order valence-electron chi connectivity index (χ4n) is 8.96. The molecule has 0 aromatic rings. The fraction of sp³-hybridized carbons (Fsp3) is 0.804. The van der Waals surface area contributed by atoms with Gasteiger partial charge in [-0.05, 0) is 68.6 Å². The van der Waals surface area contributed by atoms with Crippen molar-refractivity contribution < 1.29 is 77.9 Å².